The molecule has 2 heterocycles. The van der Waals surface area contributed by atoms with Crippen LogP contribution in [-0.2, 0) is 11.2 Å². The summed E-state index contributed by atoms with van der Waals surface area (Å²) in [4.78, 5) is 7.06. The van der Waals surface area contributed by atoms with Crippen molar-refractivity contribution >= 4 is 11.5 Å². The van der Waals surface area contributed by atoms with Crippen molar-refractivity contribution < 1.29 is 4.74 Å². The molecule has 2 N–H and O–H groups in total. The van der Waals surface area contributed by atoms with Gasteiger partial charge in [0.2, 0.25) is 0 Å². The Morgan fingerprint density at radius 2 is 2.19 bits per heavy atom. The maximum Gasteiger partial charge on any atom is 0.151 e. The zero-order valence-electron chi connectivity index (χ0n) is 13.2. The van der Waals surface area contributed by atoms with Crippen LogP contribution in [0, 0.1) is 0 Å². The van der Waals surface area contributed by atoms with Crippen LogP contribution in [0.3, 0.4) is 0 Å². The lowest BCUT2D eigenvalue weighted by Gasteiger charge is -2.22. The Kier molecular flexibility index (Phi) is 5.59. The molecule has 0 aliphatic carbocycles. The van der Waals surface area contributed by atoms with E-state index < -0.39 is 0 Å². The minimum atomic E-state index is 0.157. The first-order valence-corrected chi connectivity index (χ1v) is 7.66. The molecule has 21 heavy (non-hydrogen) atoms. The van der Waals surface area contributed by atoms with Gasteiger partial charge in [-0.15, -0.1) is 0 Å². The summed E-state index contributed by atoms with van der Waals surface area (Å²) in [6, 6.07) is 6.24. The Labute approximate surface area is 126 Å². The average molecular weight is 290 g/mol. The third-order valence-electron chi connectivity index (χ3n) is 3.83. The highest BCUT2D eigenvalue weighted by atomic mass is 16.5. The number of pyridine rings is 1. The summed E-state index contributed by atoms with van der Waals surface area (Å²) in [5.74, 6) is 1.03. The average Bonchev–Trinajstić information content (AvgIpc) is 2.87. The van der Waals surface area contributed by atoms with Gasteiger partial charge in [-0.25, -0.2) is 4.98 Å². The van der Waals surface area contributed by atoms with Crippen LogP contribution in [0.5, 0.6) is 0 Å². The highest BCUT2D eigenvalue weighted by molar-refractivity contribution is 5.56. The lowest BCUT2D eigenvalue weighted by atomic mass is 10.1. The number of aromatic nitrogens is 2. The van der Waals surface area contributed by atoms with Crippen LogP contribution >= 0.6 is 0 Å². The number of fused-ring (bicyclic) bond motifs is 1. The summed E-state index contributed by atoms with van der Waals surface area (Å²) in [6.45, 7) is 6.70. The maximum absolute atomic E-state index is 6.18. The Balaban J connectivity index is 2.42. The van der Waals surface area contributed by atoms with Gasteiger partial charge in [0, 0.05) is 38.9 Å². The molecule has 0 radical (unpaired) electrons. The second-order valence-electron chi connectivity index (χ2n) is 5.26. The van der Waals surface area contributed by atoms with E-state index >= 15 is 0 Å². The van der Waals surface area contributed by atoms with Crippen LogP contribution in [0.4, 0.5) is 5.82 Å². The molecule has 0 aromatic carbocycles. The number of nitrogens with two attached hydrogens (primary N) is 1. The minimum absolute atomic E-state index is 0.157. The first-order valence-electron chi connectivity index (χ1n) is 7.66. The van der Waals surface area contributed by atoms with Crippen molar-refractivity contribution in [2.75, 3.05) is 31.7 Å². The van der Waals surface area contributed by atoms with Crippen LogP contribution in [0.15, 0.2) is 24.4 Å². The second kappa shape index (κ2) is 7.43. The molecule has 0 spiro atoms. The molecule has 0 fully saturated rings. The molecule has 0 saturated heterocycles. The van der Waals surface area contributed by atoms with Crippen LogP contribution in [-0.4, -0.2) is 42.2 Å². The fraction of sp³-hybridized carbons (Fsp3) is 0.562. The first kappa shape index (κ1) is 15.8. The number of anilines is 1. The van der Waals surface area contributed by atoms with Gasteiger partial charge in [0.25, 0.3) is 0 Å². The van der Waals surface area contributed by atoms with Gasteiger partial charge in [0.1, 0.15) is 5.65 Å². The third-order valence-corrected chi connectivity index (χ3v) is 3.83. The lowest BCUT2D eigenvalue weighted by Crippen LogP contribution is -2.30. The van der Waals surface area contributed by atoms with E-state index in [9.17, 15) is 0 Å². The topological polar surface area (TPSA) is 55.8 Å². The molecule has 2 aromatic rings. The summed E-state index contributed by atoms with van der Waals surface area (Å²) < 4.78 is 7.36. The van der Waals surface area contributed by atoms with Crippen molar-refractivity contribution in [2.45, 2.75) is 32.7 Å². The number of rotatable bonds is 8. The molecule has 0 saturated carbocycles. The maximum atomic E-state index is 6.18. The monoisotopic (exact) mass is 290 g/mol. The summed E-state index contributed by atoms with van der Waals surface area (Å²) in [7, 11) is 1.73. The Bertz CT molecular complexity index is 566. The van der Waals surface area contributed by atoms with Crippen molar-refractivity contribution in [2.24, 2.45) is 5.73 Å². The molecule has 0 amide bonds. The van der Waals surface area contributed by atoms with Crippen molar-refractivity contribution in [3.05, 3.63) is 30.1 Å². The smallest absolute Gasteiger partial charge is 0.151 e. The Morgan fingerprint density at radius 1 is 1.38 bits per heavy atom. The molecular weight excluding hydrogens is 264 g/mol. The van der Waals surface area contributed by atoms with Crippen molar-refractivity contribution in [1.82, 2.24) is 9.38 Å². The van der Waals surface area contributed by atoms with Crippen LogP contribution in [0.25, 0.3) is 5.65 Å². The van der Waals surface area contributed by atoms with Crippen molar-refractivity contribution in [3.8, 4) is 0 Å². The lowest BCUT2D eigenvalue weighted by molar-refractivity contribution is 0.205. The van der Waals surface area contributed by atoms with Crippen LogP contribution < -0.4 is 10.6 Å². The largest absolute Gasteiger partial charge is 0.383 e. The molecule has 2 rings (SSSR count). The van der Waals surface area contributed by atoms with E-state index in [0.29, 0.717) is 6.61 Å². The molecule has 2 aromatic heterocycles. The number of imidazole rings is 1. The SMILES string of the molecule is CCC(N)Cc1c(N(CC)CCOC)nc2ccccn12. The fourth-order valence-corrected chi connectivity index (χ4v) is 2.49. The fourth-order valence-electron chi connectivity index (χ4n) is 2.49. The van der Waals surface area contributed by atoms with Crippen molar-refractivity contribution in [3.63, 3.8) is 0 Å². The number of likely N-dealkylation sites (N-methyl/N-ethyl adjacent to an activating group) is 1. The van der Waals surface area contributed by atoms with Gasteiger partial charge >= 0.3 is 0 Å². The number of hydrogen-bond donors (Lipinski definition) is 1. The van der Waals surface area contributed by atoms with Gasteiger partial charge < -0.3 is 19.8 Å². The number of nitrogens with zero attached hydrogens (tertiary/aromatic N) is 3. The second-order valence-corrected chi connectivity index (χ2v) is 5.26. The molecule has 1 unspecified atom stereocenters. The zero-order valence-corrected chi connectivity index (χ0v) is 13.2. The van der Waals surface area contributed by atoms with E-state index in [-0.39, 0.29) is 6.04 Å². The highest BCUT2D eigenvalue weighted by Crippen LogP contribution is 2.23. The van der Waals surface area contributed by atoms with E-state index in [0.717, 1.165) is 37.4 Å². The third kappa shape index (κ3) is 3.54. The Hall–Kier alpha value is -1.59. The molecule has 0 bridgehead atoms. The van der Waals surface area contributed by atoms with Crippen LogP contribution in [0.2, 0.25) is 0 Å². The number of ether oxygens (including phenoxy) is 1. The van der Waals surface area contributed by atoms with Gasteiger partial charge in [0.05, 0.1) is 12.3 Å². The Morgan fingerprint density at radius 3 is 2.86 bits per heavy atom. The molecule has 5 heteroatoms. The van der Waals surface area contributed by atoms with Crippen LogP contribution in [0.1, 0.15) is 26.0 Å². The van der Waals surface area contributed by atoms with Gasteiger partial charge in [-0.2, -0.15) is 0 Å². The van der Waals surface area contributed by atoms with E-state index in [2.05, 4.69) is 29.3 Å². The van der Waals surface area contributed by atoms with Gasteiger partial charge in [0.15, 0.2) is 5.82 Å². The van der Waals surface area contributed by atoms with E-state index in [4.69, 9.17) is 15.5 Å². The predicted octanol–water partition coefficient (Wildman–Crippen LogP) is 2.09. The van der Waals surface area contributed by atoms with E-state index in [1.54, 1.807) is 7.11 Å². The van der Waals surface area contributed by atoms with E-state index in [1.807, 2.05) is 18.2 Å². The standard InChI is InChI=1S/C16H26N4O/c1-4-13(17)12-14-16(19(5-2)10-11-21-3)18-15-8-6-7-9-20(14)15/h6-9,13H,4-5,10-12,17H2,1-3H3. The predicted molar refractivity (Wildman–Crippen MR) is 86.9 cm³/mol. The first-order chi connectivity index (χ1) is 10.2. The highest BCUT2D eigenvalue weighted by Gasteiger charge is 2.18. The number of hydrogen-bond acceptors (Lipinski definition) is 4. The van der Waals surface area contributed by atoms with Gasteiger partial charge in [-0.1, -0.05) is 13.0 Å². The molecule has 116 valence electrons. The van der Waals surface area contributed by atoms with Gasteiger partial charge in [-0.05, 0) is 25.5 Å². The molecular formula is C16H26N4O. The molecule has 0 aliphatic heterocycles. The summed E-state index contributed by atoms with van der Waals surface area (Å²) >= 11 is 0. The van der Waals surface area contributed by atoms with E-state index in [1.165, 1.54) is 5.69 Å². The zero-order chi connectivity index (χ0) is 15.2. The number of methoxy groups -OCH3 is 1. The summed E-state index contributed by atoms with van der Waals surface area (Å²) in [5, 5.41) is 0. The minimum Gasteiger partial charge on any atom is -0.383 e. The molecule has 0 aliphatic rings. The van der Waals surface area contributed by atoms with Gasteiger partial charge in [-0.3, -0.25) is 0 Å². The van der Waals surface area contributed by atoms with Crippen molar-refractivity contribution in [1.29, 1.82) is 0 Å². The summed E-state index contributed by atoms with van der Waals surface area (Å²) in [6.07, 6.45) is 3.86. The normalized spacial score (nSPS) is 12.8. The molecule has 1 atom stereocenters. The molecule has 5 nitrogen and oxygen atoms in total. The summed E-state index contributed by atoms with van der Waals surface area (Å²) in [5.41, 5.74) is 8.35. The quantitative estimate of drug-likeness (QED) is 0.809.